The molecule has 0 spiro atoms. The van der Waals surface area contributed by atoms with E-state index in [4.69, 9.17) is 10.9 Å². The van der Waals surface area contributed by atoms with Gasteiger partial charge in [0.25, 0.3) is 0 Å². The molecule has 1 aliphatic heterocycles. The lowest BCUT2D eigenvalue weighted by Crippen LogP contribution is -2.37. The SMILES string of the molecule is CN1CCC(CNC(CC(N)=NO)c2ccccc2)CC1. The van der Waals surface area contributed by atoms with Crippen LogP contribution in [0.2, 0.25) is 0 Å². The van der Waals surface area contributed by atoms with Gasteiger partial charge in [-0.2, -0.15) is 0 Å². The summed E-state index contributed by atoms with van der Waals surface area (Å²) < 4.78 is 0. The fourth-order valence-corrected chi connectivity index (χ4v) is 2.82. The number of piperidine rings is 1. The van der Waals surface area contributed by atoms with Crippen LogP contribution in [0, 0.1) is 5.92 Å². The second-order valence-corrected chi connectivity index (χ2v) is 5.91. The Morgan fingerprint density at radius 3 is 2.67 bits per heavy atom. The monoisotopic (exact) mass is 290 g/mol. The van der Waals surface area contributed by atoms with Crippen LogP contribution in [0.5, 0.6) is 0 Å². The predicted molar refractivity (Wildman–Crippen MR) is 85.4 cm³/mol. The Labute approximate surface area is 126 Å². The Kier molecular flexibility index (Phi) is 6.02. The molecule has 1 aromatic rings. The smallest absolute Gasteiger partial charge is 0.141 e. The Balaban J connectivity index is 1.93. The van der Waals surface area contributed by atoms with Gasteiger partial charge in [0.05, 0.1) is 0 Å². The summed E-state index contributed by atoms with van der Waals surface area (Å²) in [5, 5.41) is 15.5. The third kappa shape index (κ3) is 5.02. The third-order valence-corrected chi connectivity index (χ3v) is 4.23. The molecule has 1 unspecified atom stereocenters. The van der Waals surface area contributed by atoms with Crippen LogP contribution in [0.25, 0.3) is 0 Å². The van der Waals surface area contributed by atoms with Crippen LogP contribution in [0.4, 0.5) is 0 Å². The van der Waals surface area contributed by atoms with E-state index >= 15 is 0 Å². The van der Waals surface area contributed by atoms with Crippen molar-refractivity contribution in [3.05, 3.63) is 35.9 Å². The number of likely N-dealkylation sites (tertiary alicyclic amines) is 1. The van der Waals surface area contributed by atoms with Crippen molar-refractivity contribution in [1.82, 2.24) is 10.2 Å². The van der Waals surface area contributed by atoms with Crippen LogP contribution < -0.4 is 11.1 Å². The highest BCUT2D eigenvalue weighted by molar-refractivity contribution is 5.80. The summed E-state index contributed by atoms with van der Waals surface area (Å²) in [6, 6.07) is 10.3. The summed E-state index contributed by atoms with van der Waals surface area (Å²) in [7, 11) is 2.18. The second kappa shape index (κ2) is 8.00. The number of amidine groups is 1. The molecule has 1 fully saturated rings. The second-order valence-electron chi connectivity index (χ2n) is 5.91. The lowest BCUT2D eigenvalue weighted by molar-refractivity contribution is 0.212. The first-order valence-corrected chi connectivity index (χ1v) is 7.62. The number of nitrogens with one attached hydrogen (secondary N) is 1. The fourth-order valence-electron chi connectivity index (χ4n) is 2.82. The molecule has 0 aromatic heterocycles. The highest BCUT2D eigenvalue weighted by atomic mass is 16.4. The van der Waals surface area contributed by atoms with Crippen LogP contribution in [-0.4, -0.2) is 42.6 Å². The van der Waals surface area contributed by atoms with Crippen molar-refractivity contribution < 1.29 is 5.21 Å². The first kappa shape index (κ1) is 15.8. The molecular weight excluding hydrogens is 264 g/mol. The van der Waals surface area contributed by atoms with Crippen LogP contribution in [-0.2, 0) is 0 Å². The molecule has 0 saturated carbocycles. The normalized spacial score (nSPS) is 19.6. The van der Waals surface area contributed by atoms with Crippen molar-refractivity contribution in [3.8, 4) is 0 Å². The molecule has 116 valence electrons. The van der Waals surface area contributed by atoms with Crippen molar-refractivity contribution in [2.75, 3.05) is 26.7 Å². The molecule has 0 amide bonds. The van der Waals surface area contributed by atoms with E-state index in [-0.39, 0.29) is 11.9 Å². The maximum Gasteiger partial charge on any atom is 0.141 e. The van der Waals surface area contributed by atoms with E-state index in [1.807, 2.05) is 18.2 Å². The van der Waals surface area contributed by atoms with Crippen LogP contribution >= 0.6 is 0 Å². The van der Waals surface area contributed by atoms with Crippen molar-refractivity contribution in [2.45, 2.75) is 25.3 Å². The molecule has 1 atom stereocenters. The predicted octanol–water partition coefficient (Wildman–Crippen LogP) is 1.80. The molecule has 1 saturated heterocycles. The molecule has 5 nitrogen and oxygen atoms in total. The zero-order valence-electron chi connectivity index (χ0n) is 12.7. The minimum Gasteiger partial charge on any atom is -0.409 e. The van der Waals surface area contributed by atoms with Gasteiger partial charge in [0, 0.05) is 12.5 Å². The quantitative estimate of drug-likeness (QED) is 0.323. The number of hydrogen-bond acceptors (Lipinski definition) is 4. The first-order valence-electron chi connectivity index (χ1n) is 7.62. The fraction of sp³-hybridized carbons (Fsp3) is 0.562. The number of nitrogens with zero attached hydrogens (tertiary/aromatic N) is 2. The van der Waals surface area contributed by atoms with E-state index in [9.17, 15) is 0 Å². The molecule has 5 heteroatoms. The first-order chi connectivity index (χ1) is 10.2. The maximum atomic E-state index is 8.81. The number of rotatable bonds is 6. The van der Waals surface area contributed by atoms with Crippen molar-refractivity contribution >= 4 is 5.84 Å². The van der Waals surface area contributed by atoms with E-state index in [1.165, 1.54) is 31.5 Å². The van der Waals surface area contributed by atoms with Crippen molar-refractivity contribution in [2.24, 2.45) is 16.8 Å². The van der Waals surface area contributed by atoms with Gasteiger partial charge in [0.1, 0.15) is 5.84 Å². The van der Waals surface area contributed by atoms with E-state index in [0.717, 1.165) is 6.54 Å². The van der Waals surface area contributed by atoms with Crippen LogP contribution in [0.15, 0.2) is 35.5 Å². The average Bonchev–Trinajstić information content (AvgIpc) is 2.53. The van der Waals surface area contributed by atoms with Gasteiger partial charge in [-0.3, -0.25) is 0 Å². The number of hydrogen-bond donors (Lipinski definition) is 3. The average molecular weight is 290 g/mol. The minimum absolute atomic E-state index is 0.0988. The Bertz CT molecular complexity index is 441. The molecule has 2 rings (SSSR count). The summed E-state index contributed by atoms with van der Waals surface area (Å²) in [5.41, 5.74) is 6.87. The highest BCUT2D eigenvalue weighted by Gasteiger charge is 2.19. The lowest BCUT2D eigenvalue weighted by Gasteiger charge is -2.30. The molecule has 1 heterocycles. The number of oxime groups is 1. The molecular formula is C16H26N4O. The van der Waals surface area contributed by atoms with Crippen molar-refractivity contribution in [3.63, 3.8) is 0 Å². The van der Waals surface area contributed by atoms with Gasteiger partial charge in [-0.1, -0.05) is 35.5 Å². The molecule has 4 N–H and O–H groups in total. The highest BCUT2D eigenvalue weighted by Crippen LogP contribution is 2.20. The van der Waals surface area contributed by atoms with Crippen LogP contribution in [0.1, 0.15) is 30.9 Å². The molecule has 1 aliphatic rings. The van der Waals surface area contributed by atoms with Gasteiger partial charge in [0.2, 0.25) is 0 Å². The Hall–Kier alpha value is -1.59. The molecule has 0 bridgehead atoms. The summed E-state index contributed by atoms with van der Waals surface area (Å²) in [4.78, 5) is 2.38. The van der Waals surface area contributed by atoms with E-state index in [1.54, 1.807) is 0 Å². The van der Waals surface area contributed by atoms with E-state index in [2.05, 4.69) is 34.6 Å². The summed E-state index contributed by atoms with van der Waals surface area (Å²) >= 11 is 0. The minimum atomic E-state index is 0.0988. The van der Waals surface area contributed by atoms with Gasteiger partial charge < -0.3 is 21.2 Å². The van der Waals surface area contributed by atoms with Crippen LogP contribution in [0.3, 0.4) is 0 Å². The summed E-state index contributed by atoms with van der Waals surface area (Å²) in [5.74, 6) is 0.972. The third-order valence-electron chi connectivity index (χ3n) is 4.23. The van der Waals surface area contributed by atoms with Crippen molar-refractivity contribution in [1.29, 1.82) is 0 Å². The molecule has 0 aliphatic carbocycles. The number of nitrogens with two attached hydrogens (primary N) is 1. The molecule has 0 radical (unpaired) electrons. The summed E-state index contributed by atoms with van der Waals surface area (Å²) in [6.45, 7) is 3.32. The van der Waals surface area contributed by atoms with Gasteiger partial charge in [0.15, 0.2) is 0 Å². The van der Waals surface area contributed by atoms with E-state index < -0.39 is 0 Å². The van der Waals surface area contributed by atoms with Gasteiger partial charge in [-0.05, 0) is 51.0 Å². The van der Waals surface area contributed by atoms with Gasteiger partial charge in [-0.25, -0.2) is 0 Å². The Morgan fingerprint density at radius 1 is 1.38 bits per heavy atom. The number of benzene rings is 1. The zero-order valence-corrected chi connectivity index (χ0v) is 12.7. The maximum absolute atomic E-state index is 8.81. The standard InChI is InChI=1S/C16H26N4O/c1-20-9-7-13(8-10-20)12-18-15(11-16(17)19-21)14-5-3-2-4-6-14/h2-6,13,15,18,21H,7-12H2,1H3,(H2,17,19). The summed E-state index contributed by atoms with van der Waals surface area (Å²) in [6.07, 6.45) is 2.98. The largest absolute Gasteiger partial charge is 0.409 e. The van der Waals surface area contributed by atoms with Gasteiger partial charge in [-0.15, -0.1) is 0 Å². The van der Waals surface area contributed by atoms with Gasteiger partial charge >= 0.3 is 0 Å². The topological polar surface area (TPSA) is 73.9 Å². The van der Waals surface area contributed by atoms with E-state index in [0.29, 0.717) is 12.3 Å². The Morgan fingerprint density at radius 2 is 2.05 bits per heavy atom. The lowest BCUT2D eigenvalue weighted by atomic mass is 9.95. The zero-order chi connectivity index (χ0) is 15.1. The molecule has 21 heavy (non-hydrogen) atoms. The molecule has 1 aromatic carbocycles.